The van der Waals surface area contributed by atoms with E-state index in [1.54, 1.807) is 0 Å². The van der Waals surface area contributed by atoms with Crippen LogP contribution in [0.25, 0.3) is 0 Å². The second-order valence-electron chi connectivity index (χ2n) is 4.38. The fourth-order valence-corrected chi connectivity index (χ4v) is 2.24. The lowest BCUT2D eigenvalue weighted by molar-refractivity contribution is 0.149. The summed E-state index contributed by atoms with van der Waals surface area (Å²) in [6, 6.07) is 0. The molecule has 16 heavy (non-hydrogen) atoms. The van der Waals surface area contributed by atoms with Crippen LogP contribution < -0.4 is 10.6 Å². The van der Waals surface area contributed by atoms with Crippen molar-refractivity contribution in [3.63, 3.8) is 0 Å². The average Bonchev–Trinajstić information content (AvgIpc) is 2.25. The molecule has 6 nitrogen and oxygen atoms in total. The predicted molar refractivity (Wildman–Crippen MR) is 57.6 cm³/mol. The number of hydrogen-bond acceptors (Lipinski definition) is 2. The van der Waals surface area contributed by atoms with Gasteiger partial charge in [0.25, 0.3) is 0 Å². The number of nitrogens with one attached hydrogen (secondary N) is 2. The number of amides is 2. The minimum atomic E-state index is -1.06. The molecule has 0 aromatic heterocycles. The molecular formula is C10H18N2O4. The smallest absolute Gasteiger partial charge is 0.404 e. The van der Waals surface area contributed by atoms with E-state index in [0.29, 0.717) is 13.1 Å². The van der Waals surface area contributed by atoms with Crippen LogP contribution in [-0.4, -0.2) is 35.5 Å². The van der Waals surface area contributed by atoms with E-state index in [0.717, 1.165) is 32.1 Å². The van der Waals surface area contributed by atoms with Gasteiger partial charge in [0.05, 0.1) is 0 Å². The quantitative estimate of drug-likeness (QED) is 0.587. The minimum Gasteiger partial charge on any atom is -0.465 e. The van der Waals surface area contributed by atoms with Gasteiger partial charge in [0.1, 0.15) is 0 Å². The predicted octanol–water partition coefficient (Wildman–Crippen LogP) is 1.47. The Bertz CT molecular complexity index is 242. The second-order valence-corrected chi connectivity index (χ2v) is 4.38. The van der Waals surface area contributed by atoms with Gasteiger partial charge in [0.15, 0.2) is 0 Å². The number of hydrogen-bond donors (Lipinski definition) is 4. The second kappa shape index (κ2) is 5.58. The van der Waals surface area contributed by atoms with Crippen LogP contribution in [0.3, 0.4) is 0 Å². The fourth-order valence-electron chi connectivity index (χ4n) is 2.24. The highest BCUT2D eigenvalue weighted by Crippen LogP contribution is 2.35. The normalized spacial score (nSPS) is 18.8. The molecule has 0 aromatic rings. The van der Waals surface area contributed by atoms with Crippen molar-refractivity contribution >= 4 is 12.2 Å². The zero-order valence-electron chi connectivity index (χ0n) is 9.16. The van der Waals surface area contributed by atoms with Crippen molar-refractivity contribution in [2.24, 2.45) is 5.41 Å². The van der Waals surface area contributed by atoms with Crippen LogP contribution in [0.5, 0.6) is 0 Å². The standard InChI is InChI=1S/C10H18N2O4/c13-8(14)11-6-10(7-12-9(15)16)4-2-1-3-5-10/h11-12H,1-7H2,(H,13,14)(H,15,16). The van der Waals surface area contributed by atoms with Gasteiger partial charge in [-0.1, -0.05) is 19.3 Å². The van der Waals surface area contributed by atoms with Gasteiger partial charge in [-0.2, -0.15) is 0 Å². The van der Waals surface area contributed by atoms with E-state index in [1.807, 2.05) is 0 Å². The summed E-state index contributed by atoms with van der Waals surface area (Å²) < 4.78 is 0. The molecule has 92 valence electrons. The summed E-state index contributed by atoms with van der Waals surface area (Å²) in [5.41, 5.74) is -0.241. The Kier molecular flexibility index (Phi) is 4.39. The van der Waals surface area contributed by atoms with Gasteiger partial charge >= 0.3 is 12.2 Å². The molecule has 0 spiro atoms. The lowest BCUT2D eigenvalue weighted by Gasteiger charge is -2.36. The van der Waals surface area contributed by atoms with Gasteiger partial charge < -0.3 is 20.8 Å². The molecule has 0 aromatic carbocycles. The third-order valence-corrected chi connectivity index (χ3v) is 3.14. The Morgan fingerprint density at radius 1 is 0.938 bits per heavy atom. The Morgan fingerprint density at radius 3 is 1.75 bits per heavy atom. The van der Waals surface area contributed by atoms with Gasteiger partial charge in [-0.3, -0.25) is 0 Å². The van der Waals surface area contributed by atoms with Crippen LogP contribution in [0, 0.1) is 5.41 Å². The Labute approximate surface area is 94.0 Å². The third kappa shape index (κ3) is 3.96. The van der Waals surface area contributed by atoms with Crippen LogP contribution in [-0.2, 0) is 0 Å². The van der Waals surface area contributed by atoms with Crippen molar-refractivity contribution in [2.75, 3.05) is 13.1 Å². The molecule has 6 heteroatoms. The average molecular weight is 230 g/mol. The summed E-state index contributed by atoms with van der Waals surface area (Å²) in [5, 5.41) is 21.9. The van der Waals surface area contributed by atoms with E-state index in [-0.39, 0.29) is 5.41 Å². The van der Waals surface area contributed by atoms with Gasteiger partial charge in [0.2, 0.25) is 0 Å². The number of rotatable bonds is 4. The number of carbonyl (C=O) groups is 2. The van der Waals surface area contributed by atoms with Crippen LogP contribution >= 0.6 is 0 Å². The van der Waals surface area contributed by atoms with Crippen molar-refractivity contribution in [1.29, 1.82) is 0 Å². The lowest BCUT2D eigenvalue weighted by atomic mass is 9.74. The molecule has 1 aliphatic carbocycles. The molecule has 0 radical (unpaired) electrons. The zero-order chi connectivity index (χ0) is 12.0. The summed E-state index contributed by atoms with van der Waals surface area (Å²) in [4.78, 5) is 20.9. The molecule has 0 heterocycles. The van der Waals surface area contributed by atoms with Crippen LogP contribution in [0.1, 0.15) is 32.1 Å². The van der Waals surface area contributed by atoms with E-state index in [1.165, 1.54) is 0 Å². The zero-order valence-corrected chi connectivity index (χ0v) is 9.16. The van der Waals surface area contributed by atoms with E-state index < -0.39 is 12.2 Å². The monoisotopic (exact) mass is 230 g/mol. The summed E-state index contributed by atoms with van der Waals surface area (Å²) in [5.74, 6) is 0. The van der Waals surface area contributed by atoms with E-state index in [9.17, 15) is 9.59 Å². The maximum Gasteiger partial charge on any atom is 0.404 e. The van der Waals surface area contributed by atoms with Crippen molar-refractivity contribution in [3.05, 3.63) is 0 Å². The molecule has 1 rings (SSSR count). The van der Waals surface area contributed by atoms with Crippen LogP contribution in [0.4, 0.5) is 9.59 Å². The maximum atomic E-state index is 10.5. The summed E-state index contributed by atoms with van der Waals surface area (Å²) in [6.45, 7) is 0.644. The maximum absolute atomic E-state index is 10.5. The van der Waals surface area contributed by atoms with Gasteiger partial charge in [-0.25, -0.2) is 9.59 Å². The van der Waals surface area contributed by atoms with E-state index in [4.69, 9.17) is 10.2 Å². The first-order chi connectivity index (χ1) is 7.54. The molecule has 2 amide bonds. The highest BCUT2D eigenvalue weighted by molar-refractivity contribution is 5.65. The molecule has 1 fully saturated rings. The summed E-state index contributed by atoms with van der Waals surface area (Å²) in [7, 11) is 0. The first kappa shape index (κ1) is 12.6. The molecule has 1 aliphatic rings. The fraction of sp³-hybridized carbons (Fsp3) is 0.800. The molecule has 4 N–H and O–H groups in total. The van der Waals surface area contributed by atoms with E-state index >= 15 is 0 Å². The molecule has 0 unspecified atom stereocenters. The molecule has 0 bridgehead atoms. The van der Waals surface area contributed by atoms with Crippen LogP contribution in [0.15, 0.2) is 0 Å². The SMILES string of the molecule is O=C(O)NCC1(CNC(=O)O)CCCCC1. The molecule has 1 saturated carbocycles. The van der Waals surface area contributed by atoms with E-state index in [2.05, 4.69) is 10.6 Å². The molecule has 0 saturated heterocycles. The first-order valence-corrected chi connectivity index (χ1v) is 5.48. The highest BCUT2D eigenvalue weighted by Gasteiger charge is 2.32. The van der Waals surface area contributed by atoms with Gasteiger partial charge in [-0.15, -0.1) is 0 Å². The molecule has 0 aliphatic heterocycles. The summed E-state index contributed by atoms with van der Waals surface area (Å²) >= 11 is 0. The Balaban J connectivity index is 2.52. The highest BCUT2D eigenvalue weighted by atomic mass is 16.4. The largest absolute Gasteiger partial charge is 0.465 e. The topological polar surface area (TPSA) is 98.7 Å². The lowest BCUT2D eigenvalue weighted by Crippen LogP contribution is -2.46. The van der Waals surface area contributed by atoms with Crippen molar-refractivity contribution in [2.45, 2.75) is 32.1 Å². The van der Waals surface area contributed by atoms with Crippen molar-refractivity contribution in [1.82, 2.24) is 10.6 Å². The van der Waals surface area contributed by atoms with Crippen molar-refractivity contribution < 1.29 is 19.8 Å². The molecular weight excluding hydrogens is 212 g/mol. The van der Waals surface area contributed by atoms with Crippen LogP contribution in [0.2, 0.25) is 0 Å². The van der Waals surface area contributed by atoms with Gasteiger partial charge in [-0.05, 0) is 12.8 Å². The Hall–Kier alpha value is -1.46. The summed E-state index contributed by atoms with van der Waals surface area (Å²) in [6.07, 6.45) is 2.83. The third-order valence-electron chi connectivity index (χ3n) is 3.14. The molecule has 0 atom stereocenters. The van der Waals surface area contributed by atoms with Gasteiger partial charge in [0, 0.05) is 18.5 Å². The minimum absolute atomic E-state index is 0.241. The number of carboxylic acid groups (broad SMARTS) is 2. The first-order valence-electron chi connectivity index (χ1n) is 5.48. The van der Waals surface area contributed by atoms with Crippen molar-refractivity contribution in [3.8, 4) is 0 Å². The Morgan fingerprint density at radius 2 is 1.38 bits per heavy atom.